The van der Waals surface area contributed by atoms with Gasteiger partial charge in [-0.3, -0.25) is 9.79 Å². The molecule has 0 bridgehead atoms. The third kappa shape index (κ3) is 2.49. The summed E-state index contributed by atoms with van der Waals surface area (Å²) in [6.07, 6.45) is 3.28. The summed E-state index contributed by atoms with van der Waals surface area (Å²) in [7, 11) is 0. The van der Waals surface area contributed by atoms with E-state index in [0.717, 1.165) is 51.4 Å². The number of carbonyl (C=O) groups excluding carboxylic acids is 1. The van der Waals surface area contributed by atoms with Crippen molar-refractivity contribution in [2.24, 2.45) is 10.9 Å². The van der Waals surface area contributed by atoms with E-state index < -0.39 is 0 Å². The Balaban J connectivity index is 1.92. The van der Waals surface area contributed by atoms with Crippen LogP contribution in [0.25, 0.3) is 0 Å². The van der Waals surface area contributed by atoms with E-state index in [1.807, 2.05) is 4.90 Å². The molecular formula is C11H19N3O. The lowest BCUT2D eigenvalue weighted by Crippen LogP contribution is -2.47. The number of nitrogens with zero attached hydrogens (tertiary/aromatic N) is 2. The Labute approximate surface area is 90.7 Å². The minimum atomic E-state index is 0.0987. The van der Waals surface area contributed by atoms with Crippen molar-refractivity contribution in [3.8, 4) is 0 Å². The lowest BCUT2D eigenvalue weighted by Gasteiger charge is -2.31. The standard InChI is InChI=1S/C11H19N3O/c1-9-3-7-14(8-4-9)11(15)10-12-5-2-6-13-10/h9H,2-8H2,1H3,(H,12,13). The topological polar surface area (TPSA) is 44.7 Å². The zero-order chi connectivity index (χ0) is 10.7. The molecule has 2 aliphatic heterocycles. The summed E-state index contributed by atoms with van der Waals surface area (Å²) in [5, 5.41) is 3.09. The molecule has 0 unspecified atom stereocenters. The highest BCUT2D eigenvalue weighted by atomic mass is 16.2. The van der Waals surface area contributed by atoms with Gasteiger partial charge in [0.25, 0.3) is 5.91 Å². The number of likely N-dealkylation sites (tertiary alicyclic amines) is 1. The Morgan fingerprint density at radius 3 is 2.80 bits per heavy atom. The smallest absolute Gasteiger partial charge is 0.288 e. The van der Waals surface area contributed by atoms with Crippen molar-refractivity contribution in [3.63, 3.8) is 0 Å². The van der Waals surface area contributed by atoms with Crippen LogP contribution in [-0.2, 0) is 4.79 Å². The van der Waals surface area contributed by atoms with E-state index in [4.69, 9.17) is 0 Å². The van der Waals surface area contributed by atoms with E-state index in [9.17, 15) is 4.79 Å². The van der Waals surface area contributed by atoms with E-state index in [-0.39, 0.29) is 5.91 Å². The molecule has 0 aromatic rings. The first-order valence-electron chi connectivity index (χ1n) is 5.85. The van der Waals surface area contributed by atoms with Crippen molar-refractivity contribution < 1.29 is 4.79 Å². The molecule has 4 heteroatoms. The number of amides is 1. The monoisotopic (exact) mass is 209 g/mol. The van der Waals surface area contributed by atoms with Crippen LogP contribution < -0.4 is 5.32 Å². The van der Waals surface area contributed by atoms with Crippen LogP contribution in [0.15, 0.2) is 4.99 Å². The number of nitrogens with one attached hydrogen (secondary N) is 1. The van der Waals surface area contributed by atoms with Crippen LogP contribution in [0.4, 0.5) is 0 Å². The van der Waals surface area contributed by atoms with Gasteiger partial charge in [0.1, 0.15) is 0 Å². The molecule has 84 valence electrons. The summed E-state index contributed by atoms with van der Waals surface area (Å²) in [6.45, 7) is 5.70. The molecule has 0 spiro atoms. The van der Waals surface area contributed by atoms with Crippen LogP contribution in [0.3, 0.4) is 0 Å². The average Bonchev–Trinajstić information content (AvgIpc) is 2.30. The van der Waals surface area contributed by atoms with Gasteiger partial charge in [-0.2, -0.15) is 0 Å². The molecule has 2 rings (SSSR count). The third-order valence-electron chi connectivity index (χ3n) is 3.17. The van der Waals surface area contributed by atoms with Crippen molar-refractivity contribution in [2.75, 3.05) is 26.2 Å². The number of hydrogen-bond acceptors (Lipinski definition) is 3. The second kappa shape index (κ2) is 4.64. The van der Waals surface area contributed by atoms with E-state index in [0.29, 0.717) is 5.84 Å². The molecule has 0 atom stereocenters. The number of rotatable bonds is 1. The largest absolute Gasteiger partial charge is 0.366 e. The minimum absolute atomic E-state index is 0.0987. The van der Waals surface area contributed by atoms with Crippen LogP contribution in [0, 0.1) is 5.92 Å². The fraction of sp³-hybridized carbons (Fsp3) is 0.818. The van der Waals surface area contributed by atoms with E-state index in [1.165, 1.54) is 0 Å². The molecule has 15 heavy (non-hydrogen) atoms. The van der Waals surface area contributed by atoms with Crippen molar-refractivity contribution in [1.82, 2.24) is 10.2 Å². The Kier molecular flexibility index (Phi) is 3.23. The Hall–Kier alpha value is -1.06. The molecule has 1 N–H and O–H groups in total. The highest BCUT2D eigenvalue weighted by molar-refractivity contribution is 6.37. The van der Waals surface area contributed by atoms with Gasteiger partial charge in [-0.1, -0.05) is 6.92 Å². The van der Waals surface area contributed by atoms with Gasteiger partial charge in [0.15, 0.2) is 5.84 Å². The van der Waals surface area contributed by atoms with Crippen LogP contribution in [0.2, 0.25) is 0 Å². The zero-order valence-corrected chi connectivity index (χ0v) is 9.33. The number of carbonyl (C=O) groups is 1. The van der Waals surface area contributed by atoms with Crippen LogP contribution in [0.5, 0.6) is 0 Å². The fourth-order valence-electron chi connectivity index (χ4n) is 2.04. The average molecular weight is 209 g/mol. The molecule has 4 nitrogen and oxygen atoms in total. The number of hydrogen-bond donors (Lipinski definition) is 1. The highest BCUT2D eigenvalue weighted by Crippen LogP contribution is 2.16. The SMILES string of the molecule is CC1CCN(C(=O)C2=NCCCN2)CC1. The van der Waals surface area contributed by atoms with E-state index in [2.05, 4.69) is 17.2 Å². The molecule has 2 heterocycles. The Morgan fingerprint density at radius 2 is 2.20 bits per heavy atom. The van der Waals surface area contributed by atoms with Crippen molar-refractivity contribution in [1.29, 1.82) is 0 Å². The molecule has 1 amide bonds. The zero-order valence-electron chi connectivity index (χ0n) is 9.33. The Morgan fingerprint density at radius 1 is 1.47 bits per heavy atom. The van der Waals surface area contributed by atoms with Gasteiger partial charge in [0.2, 0.25) is 0 Å². The summed E-state index contributed by atoms with van der Waals surface area (Å²) in [5.74, 6) is 1.44. The maximum Gasteiger partial charge on any atom is 0.288 e. The molecule has 0 saturated carbocycles. The van der Waals surface area contributed by atoms with E-state index >= 15 is 0 Å². The molecule has 0 aliphatic carbocycles. The minimum Gasteiger partial charge on any atom is -0.366 e. The number of amidine groups is 1. The van der Waals surface area contributed by atoms with Gasteiger partial charge >= 0.3 is 0 Å². The summed E-state index contributed by atoms with van der Waals surface area (Å²) in [4.78, 5) is 18.2. The lowest BCUT2D eigenvalue weighted by atomic mass is 9.99. The third-order valence-corrected chi connectivity index (χ3v) is 3.17. The maximum atomic E-state index is 12.0. The van der Waals surface area contributed by atoms with Crippen LogP contribution >= 0.6 is 0 Å². The van der Waals surface area contributed by atoms with Gasteiger partial charge in [0, 0.05) is 26.2 Å². The van der Waals surface area contributed by atoms with Crippen LogP contribution in [-0.4, -0.2) is 42.8 Å². The summed E-state index contributed by atoms with van der Waals surface area (Å²) in [6, 6.07) is 0. The molecule has 0 aromatic heterocycles. The quantitative estimate of drug-likeness (QED) is 0.688. The number of piperidine rings is 1. The summed E-state index contributed by atoms with van der Waals surface area (Å²) < 4.78 is 0. The van der Waals surface area contributed by atoms with Crippen molar-refractivity contribution >= 4 is 11.7 Å². The fourth-order valence-corrected chi connectivity index (χ4v) is 2.04. The van der Waals surface area contributed by atoms with Crippen molar-refractivity contribution in [3.05, 3.63) is 0 Å². The second-order valence-corrected chi connectivity index (χ2v) is 4.49. The van der Waals surface area contributed by atoms with Gasteiger partial charge in [-0.25, -0.2) is 0 Å². The summed E-state index contributed by atoms with van der Waals surface area (Å²) in [5.41, 5.74) is 0. The first kappa shape index (κ1) is 10.5. The second-order valence-electron chi connectivity index (χ2n) is 4.49. The maximum absolute atomic E-state index is 12.0. The number of aliphatic imine (C=N–C) groups is 1. The molecule has 0 radical (unpaired) electrons. The first-order valence-corrected chi connectivity index (χ1v) is 5.85. The lowest BCUT2D eigenvalue weighted by molar-refractivity contribution is -0.125. The highest BCUT2D eigenvalue weighted by Gasteiger charge is 2.24. The van der Waals surface area contributed by atoms with Gasteiger partial charge in [-0.15, -0.1) is 0 Å². The molecule has 2 aliphatic rings. The first-order chi connectivity index (χ1) is 7.27. The molecular weight excluding hydrogens is 190 g/mol. The molecule has 1 fully saturated rings. The molecule has 1 saturated heterocycles. The van der Waals surface area contributed by atoms with Gasteiger partial charge in [0.05, 0.1) is 0 Å². The van der Waals surface area contributed by atoms with Gasteiger partial charge < -0.3 is 10.2 Å². The summed E-state index contributed by atoms with van der Waals surface area (Å²) >= 11 is 0. The Bertz CT molecular complexity index is 267. The van der Waals surface area contributed by atoms with E-state index in [1.54, 1.807) is 0 Å². The van der Waals surface area contributed by atoms with Crippen LogP contribution in [0.1, 0.15) is 26.2 Å². The predicted molar refractivity (Wildman–Crippen MR) is 59.9 cm³/mol. The normalized spacial score (nSPS) is 23.3. The molecule has 0 aromatic carbocycles. The predicted octanol–water partition coefficient (Wildman–Crippen LogP) is 0.637. The van der Waals surface area contributed by atoms with Gasteiger partial charge in [-0.05, 0) is 25.2 Å². The van der Waals surface area contributed by atoms with Crippen molar-refractivity contribution in [2.45, 2.75) is 26.2 Å².